The van der Waals surface area contributed by atoms with E-state index in [0.717, 1.165) is 0 Å². The predicted octanol–water partition coefficient (Wildman–Crippen LogP) is 2.08. The average Bonchev–Trinajstić information content (AvgIpc) is 2.17. The lowest BCUT2D eigenvalue weighted by molar-refractivity contribution is -0.192. The maximum Gasteiger partial charge on any atom is 0.490 e. The topological polar surface area (TPSA) is 80.4 Å². The minimum absolute atomic E-state index is 0.132. The number of amides is 1. The van der Waals surface area contributed by atoms with E-state index in [2.05, 4.69) is 0 Å². The molecule has 1 aliphatic carbocycles. The van der Waals surface area contributed by atoms with E-state index in [4.69, 9.17) is 15.6 Å². The minimum atomic E-state index is -5.08. The van der Waals surface area contributed by atoms with E-state index in [1.807, 2.05) is 0 Å². The first-order valence-electron chi connectivity index (χ1n) is 5.32. The number of halogens is 3. The van der Waals surface area contributed by atoms with Crippen LogP contribution in [-0.4, -0.2) is 23.2 Å². The van der Waals surface area contributed by atoms with Crippen molar-refractivity contribution in [2.24, 2.45) is 11.7 Å². The van der Waals surface area contributed by atoms with Crippen LogP contribution in [0.25, 0.3) is 0 Å². The molecule has 1 amide bonds. The molecule has 7 heteroatoms. The third kappa shape index (κ3) is 8.53. The SMILES string of the molecule is NC(=O)CC1CCCCC1.O=C(O)C(F)(F)F. The molecule has 0 aromatic heterocycles. The van der Waals surface area contributed by atoms with Gasteiger partial charge in [-0.15, -0.1) is 0 Å². The fraction of sp³-hybridized carbons (Fsp3) is 0.800. The first-order chi connectivity index (χ1) is 7.73. The molecule has 0 radical (unpaired) electrons. The Bertz CT molecular complexity index is 260. The number of carbonyl (C=O) groups is 2. The Labute approximate surface area is 97.0 Å². The van der Waals surface area contributed by atoms with Crippen molar-refractivity contribution < 1.29 is 27.9 Å². The van der Waals surface area contributed by atoms with Gasteiger partial charge in [0, 0.05) is 6.42 Å². The molecule has 1 aliphatic rings. The summed E-state index contributed by atoms with van der Waals surface area (Å²) in [5.41, 5.74) is 5.08. The van der Waals surface area contributed by atoms with Crippen molar-refractivity contribution in [1.29, 1.82) is 0 Å². The van der Waals surface area contributed by atoms with Gasteiger partial charge in [-0.25, -0.2) is 4.79 Å². The van der Waals surface area contributed by atoms with Gasteiger partial charge >= 0.3 is 12.1 Å². The molecule has 1 rings (SSSR count). The van der Waals surface area contributed by atoms with E-state index >= 15 is 0 Å². The molecular weight excluding hydrogens is 239 g/mol. The van der Waals surface area contributed by atoms with Gasteiger partial charge in [-0.3, -0.25) is 4.79 Å². The van der Waals surface area contributed by atoms with Crippen molar-refractivity contribution in [2.45, 2.75) is 44.7 Å². The normalized spacial score (nSPS) is 16.9. The number of hydrogen-bond donors (Lipinski definition) is 2. The highest BCUT2D eigenvalue weighted by Crippen LogP contribution is 2.25. The van der Waals surface area contributed by atoms with Crippen LogP contribution in [0.1, 0.15) is 38.5 Å². The van der Waals surface area contributed by atoms with Crippen molar-refractivity contribution in [2.75, 3.05) is 0 Å². The number of rotatable bonds is 2. The first kappa shape index (κ1) is 15.7. The summed E-state index contributed by atoms with van der Waals surface area (Å²) in [6, 6.07) is 0. The number of carbonyl (C=O) groups excluding carboxylic acids is 1. The van der Waals surface area contributed by atoms with E-state index in [1.165, 1.54) is 32.1 Å². The second kappa shape index (κ2) is 7.13. The predicted molar refractivity (Wildman–Crippen MR) is 54.1 cm³/mol. The summed E-state index contributed by atoms with van der Waals surface area (Å²) in [7, 11) is 0. The number of alkyl halides is 3. The molecule has 0 aromatic rings. The maximum absolute atomic E-state index is 10.6. The van der Waals surface area contributed by atoms with Crippen LogP contribution in [0.5, 0.6) is 0 Å². The van der Waals surface area contributed by atoms with E-state index in [0.29, 0.717) is 12.3 Å². The Morgan fingerprint density at radius 1 is 1.18 bits per heavy atom. The van der Waals surface area contributed by atoms with Crippen LogP contribution in [0.4, 0.5) is 13.2 Å². The van der Waals surface area contributed by atoms with E-state index in [1.54, 1.807) is 0 Å². The highest BCUT2D eigenvalue weighted by molar-refractivity contribution is 5.74. The second-order valence-corrected chi connectivity index (χ2v) is 3.98. The van der Waals surface area contributed by atoms with Gasteiger partial charge in [0.25, 0.3) is 0 Å². The van der Waals surface area contributed by atoms with Gasteiger partial charge in [-0.1, -0.05) is 19.3 Å². The van der Waals surface area contributed by atoms with Crippen LogP contribution in [0.2, 0.25) is 0 Å². The van der Waals surface area contributed by atoms with Gasteiger partial charge in [0.15, 0.2) is 0 Å². The number of carboxylic acid groups (broad SMARTS) is 1. The summed E-state index contributed by atoms with van der Waals surface area (Å²) in [5, 5.41) is 7.12. The summed E-state index contributed by atoms with van der Waals surface area (Å²) in [6.07, 6.45) is 1.87. The van der Waals surface area contributed by atoms with Crippen molar-refractivity contribution in [3.05, 3.63) is 0 Å². The summed E-state index contributed by atoms with van der Waals surface area (Å²) in [6.45, 7) is 0. The molecule has 4 nitrogen and oxygen atoms in total. The molecule has 0 spiro atoms. The summed E-state index contributed by atoms with van der Waals surface area (Å²) >= 11 is 0. The van der Waals surface area contributed by atoms with Crippen LogP contribution in [0.15, 0.2) is 0 Å². The molecule has 0 aliphatic heterocycles. The van der Waals surface area contributed by atoms with Crippen molar-refractivity contribution in [3.8, 4) is 0 Å². The molecule has 1 fully saturated rings. The number of carboxylic acids is 1. The quantitative estimate of drug-likeness (QED) is 0.792. The molecule has 17 heavy (non-hydrogen) atoms. The highest BCUT2D eigenvalue weighted by Gasteiger charge is 2.38. The molecule has 0 bridgehead atoms. The minimum Gasteiger partial charge on any atom is -0.475 e. The number of primary amides is 1. The number of hydrogen-bond acceptors (Lipinski definition) is 2. The van der Waals surface area contributed by atoms with Gasteiger partial charge in [0.05, 0.1) is 0 Å². The van der Waals surface area contributed by atoms with Crippen molar-refractivity contribution >= 4 is 11.9 Å². The zero-order chi connectivity index (χ0) is 13.5. The molecule has 0 atom stereocenters. The smallest absolute Gasteiger partial charge is 0.475 e. The van der Waals surface area contributed by atoms with Crippen LogP contribution < -0.4 is 5.73 Å². The molecule has 0 heterocycles. The van der Waals surface area contributed by atoms with Crippen molar-refractivity contribution in [1.82, 2.24) is 0 Å². The summed E-state index contributed by atoms with van der Waals surface area (Å²) in [4.78, 5) is 19.4. The van der Waals surface area contributed by atoms with Crippen LogP contribution in [0.3, 0.4) is 0 Å². The molecule has 100 valence electrons. The zero-order valence-corrected chi connectivity index (χ0v) is 9.29. The maximum atomic E-state index is 10.6. The Morgan fingerprint density at radius 2 is 1.59 bits per heavy atom. The molecule has 0 aromatic carbocycles. The molecule has 0 unspecified atom stereocenters. The summed E-state index contributed by atoms with van der Waals surface area (Å²) < 4.78 is 31.7. The Balaban J connectivity index is 0.000000325. The van der Waals surface area contributed by atoms with Crippen molar-refractivity contribution in [3.63, 3.8) is 0 Å². The van der Waals surface area contributed by atoms with Gasteiger partial charge in [-0.05, 0) is 18.8 Å². The Morgan fingerprint density at radius 3 is 1.88 bits per heavy atom. The monoisotopic (exact) mass is 255 g/mol. The molecular formula is C10H16F3NO3. The third-order valence-corrected chi connectivity index (χ3v) is 2.46. The third-order valence-electron chi connectivity index (χ3n) is 2.46. The number of nitrogens with two attached hydrogens (primary N) is 1. The first-order valence-corrected chi connectivity index (χ1v) is 5.32. The zero-order valence-electron chi connectivity index (χ0n) is 9.29. The van der Waals surface area contributed by atoms with E-state index in [9.17, 15) is 18.0 Å². The number of aliphatic carboxylic acids is 1. The largest absolute Gasteiger partial charge is 0.490 e. The lowest BCUT2D eigenvalue weighted by Crippen LogP contribution is -2.21. The fourth-order valence-electron chi connectivity index (χ4n) is 1.68. The van der Waals surface area contributed by atoms with Crippen LogP contribution in [0, 0.1) is 5.92 Å². The second-order valence-electron chi connectivity index (χ2n) is 3.98. The Hall–Kier alpha value is -1.27. The lowest BCUT2D eigenvalue weighted by atomic mass is 9.87. The highest BCUT2D eigenvalue weighted by atomic mass is 19.4. The summed E-state index contributed by atoms with van der Waals surface area (Å²) in [5.74, 6) is -2.29. The molecule has 1 saturated carbocycles. The van der Waals surface area contributed by atoms with E-state index < -0.39 is 12.1 Å². The molecule has 0 saturated heterocycles. The molecule has 3 N–H and O–H groups in total. The van der Waals surface area contributed by atoms with Gasteiger partial charge in [0.2, 0.25) is 5.91 Å². The van der Waals surface area contributed by atoms with Gasteiger partial charge in [0.1, 0.15) is 0 Å². The van der Waals surface area contributed by atoms with Crippen LogP contribution >= 0.6 is 0 Å². The van der Waals surface area contributed by atoms with E-state index in [-0.39, 0.29) is 5.91 Å². The van der Waals surface area contributed by atoms with Crippen LogP contribution in [-0.2, 0) is 9.59 Å². The van der Waals surface area contributed by atoms with Gasteiger partial charge < -0.3 is 10.8 Å². The van der Waals surface area contributed by atoms with Gasteiger partial charge in [-0.2, -0.15) is 13.2 Å². The lowest BCUT2D eigenvalue weighted by Gasteiger charge is -2.19. The fourth-order valence-corrected chi connectivity index (χ4v) is 1.68. The average molecular weight is 255 g/mol. The standard InChI is InChI=1S/C8H15NO.C2HF3O2/c9-8(10)6-7-4-2-1-3-5-7;3-2(4,5)1(6)7/h7H,1-6H2,(H2,9,10);(H,6,7). The Kier molecular flexibility index (Phi) is 6.60.